The zero-order chi connectivity index (χ0) is 17.5. The van der Waals surface area contributed by atoms with E-state index < -0.39 is 0 Å². The van der Waals surface area contributed by atoms with Crippen LogP contribution in [0.4, 0.5) is 11.5 Å². The van der Waals surface area contributed by atoms with E-state index in [-0.39, 0.29) is 11.6 Å². The summed E-state index contributed by atoms with van der Waals surface area (Å²) in [5.74, 6) is 0.344. The molecule has 126 valence electrons. The van der Waals surface area contributed by atoms with Gasteiger partial charge in [0.1, 0.15) is 11.5 Å². The van der Waals surface area contributed by atoms with Crippen molar-refractivity contribution in [1.29, 1.82) is 0 Å². The van der Waals surface area contributed by atoms with Crippen LogP contribution in [0.25, 0.3) is 0 Å². The van der Waals surface area contributed by atoms with E-state index in [2.05, 4.69) is 20.6 Å². The molecule has 0 saturated heterocycles. The van der Waals surface area contributed by atoms with Gasteiger partial charge in [-0.2, -0.15) is 0 Å². The maximum atomic E-state index is 12.1. The molecule has 0 bridgehead atoms. The number of anilines is 2. The van der Waals surface area contributed by atoms with Crippen molar-refractivity contribution in [2.24, 2.45) is 0 Å². The molecule has 0 aliphatic heterocycles. The van der Waals surface area contributed by atoms with Crippen molar-refractivity contribution in [3.63, 3.8) is 0 Å². The Morgan fingerprint density at radius 1 is 0.960 bits per heavy atom. The lowest BCUT2D eigenvalue weighted by molar-refractivity contribution is 0.102. The Morgan fingerprint density at radius 2 is 1.72 bits per heavy atom. The molecule has 2 N–H and O–H groups in total. The average Bonchev–Trinajstić information content (AvgIpc) is 2.65. The number of aromatic nitrogens is 2. The third-order valence-corrected chi connectivity index (χ3v) is 3.80. The minimum atomic E-state index is -0.286. The van der Waals surface area contributed by atoms with E-state index in [0.717, 1.165) is 17.1 Å². The van der Waals surface area contributed by atoms with Crippen molar-refractivity contribution in [2.75, 3.05) is 17.2 Å². The van der Waals surface area contributed by atoms with Crippen molar-refractivity contribution in [1.82, 2.24) is 9.97 Å². The second-order valence-electron chi connectivity index (χ2n) is 5.41. The average molecular weight is 353 g/mol. The monoisotopic (exact) mass is 352 g/mol. The fourth-order valence-electron chi connectivity index (χ4n) is 2.24. The van der Waals surface area contributed by atoms with Crippen molar-refractivity contribution >= 4 is 29.0 Å². The zero-order valence-electron chi connectivity index (χ0n) is 13.4. The van der Waals surface area contributed by atoms with Crippen LogP contribution in [0.15, 0.2) is 67.0 Å². The molecule has 1 amide bonds. The van der Waals surface area contributed by atoms with E-state index in [1.165, 1.54) is 11.8 Å². The van der Waals surface area contributed by atoms with E-state index in [9.17, 15) is 4.79 Å². The molecular formula is C19H17ClN4O. The molecule has 6 heteroatoms. The fraction of sp³-hybridized carbons (Fsp3) is 0.105. The highest BCUT2D eigenvalue weighted by Gasteiger charge is 2.08. The third kappa shape index (κ3) is 5.02. The van der Waals surface area contributed by atoms with E-state index >= 15 is 0 Å². The molecular weight excluding hydrogens is 336 g/mol. The van der Waals surface area contributed by atoms with Crippen LogP contribution in [-0.4, -0.2) is 22.4 Å². The summed E-state index contributed by atoms with van der Waals surface area (Å²) in [5, 5.41) is 6.69. The van der Waals surface area contributed by atoms with Gasteiger partial charge in [-0.25, -0.2) is 9.97 Å². The smallest absolute Gasteiger partial charge is 0.275 e. The first kappa shape index (κ1) is 16.9. The molecule has 0 radical (unpaired) electrons. The van der Waals surface area contributed by atoms with Crippen LogP contribution in [0.5, 0.6) is 0 Å². The molecule has 5 nitrogen and oxygen atoms in total. The molecule has 0 saturated carbocycles. The maximum Gasteiger partial charge on any atom is 0.275 e. The summed E-state index contributed by atoms with van der Waals surface area (Å²) >= 11 is 5.87. The summed E-state index contributed by atoms with van der Waals surface area (Å²) in [6.07, 6.45) is 3.86. The van der Waals surface area contributed by atoms with Crippen molar-refractivity contribution in [3.8, 4) is 0 Å². The summed E-state index contributed by atoms with van der Waals surface area (Å²) < 4.78 is 0. The molecule has 0 aliphatic rings. The number of para-hydroxylation sites is 1. The molecule has 1 aromatic heterocycles. The maximum absolute atomic E-state index is 12.1. The molecule has 3 rings (SSSR count). The van der Waals surface area contributed by atoms with Crippen LogP contribution in [0, 0.1) is 0 Å². The first-order chi connectivity index (χ1) is 12.2. The first-order valence-corrected chi connectivity index (χ1v) is 8.25. The van der Waals surface area contributed by atoms with Gasteiger partial charge in [-0.3, -0.25) is 4.79 Å². The number of hydrogen-bond donors (Lipinski definition) is 2. The highest BCUT2D eigenvalue weighted by atomic mass is 35.5. The van der Waals surface area contributed by atoms with Gasteiger partial charge in [-0.15, -0.1) is 0 Å². The minimum Gasteiger partial charge on any atom is -0.368 e. The minimum absolute atomic E-state index is 0.270. The number of carbonyl (C=O) groups is 1. The predicted octanol–water partition coefficient (Wildman–Crippen LogP) is 4.04. The highest BCUT2D eigenvalue weighted by Crippen LogP contribution is 2.11. The molecule has 0 fully saturated rings. The van der Waals surface area contributed by atoms with Crippen molar-refractivity contribution < 1.29 is 4.79 Å². The molecule has 25 heavy (non-hydrogen) atoms. The van der Waals surface area contributed by atoms with Crippen LogP contribution >= 0.6 is 11.6 Å². The third-order valence-electron chi connectivity index (χ3n) is 3.55. The van der Waals surface area contributed by atoms with Gasteiger partial charge in [0.05, 0.1) is 12.4 Å². The normalized spacial score (nSPS) is 10.3. The summed E-state index contributed by atoms with van der Waals surface area (Å²) in [6.45, 7) is 0.714. The summed E-state index contributed by atoms with van der Waals surface area (Å²) in [7, 11) is 0. The van der Waals surface area contributed by atoms with Gasteiger partial charge in [0.15, 0.2) is 0 Å². The number of benzene rings is 2. The van der Waals surface area contributed by atoms with Crippen LogP contribution in [-0.2, 0) is 6.42 Å². The van der Waals surface area contributed by atoms with E-state index in [1.807, 2.05) is 54.6 Å². The molecule has 1 heterocycles. The largest absolute Gasteiger partial charge is 0.368 e. The highest BCUT2D eigenvalue weighted by molar-refractivity contribution is 6.30. The number of nitrogens with one attached hydrogen (secondary N) is 2. The van der Waals surface area contributed by atoms with Crippen LogP contribution in [0.3, 0.4) is 0 Å². The van der Waals surface area contributed by atoms with Gasteiger partial charge < -0.3 is 10.6 Å². The zero-order valence-corrected chi connectivity index (χ0v) is 14.2. The summed E-state index contributed by atoms with van der Waals surface area (Å²) in [6, 6.07) is 17.0. The lowest BCUT2D eigenvalue weighted by Crippen LogP contribution is -2.14. The Labute approximate surface area is 151 Å². The molecule has 0 aliphatic carbocycles. The summed E-state index contributed by atoms with van der Waals surface area (Å²) in [4.78, 5) is 20.5. The molecule has 0 spiro atoms. The molecule has 2 aromatic carbocycles. The lowest BCUT2D eigenvalue weighted by Gasteiger charge is -2.07. The topological polar surface area (TPSA) is 66.9 Å². The Balaban J connectivity index is 1.51. The Bertz CT molecular complexity index is 820. The number of nitrogens with zero attached hydrogens (tertiary/aromatic N) is 2. The van der Waals surface area contributed by atoms with Gasteiger partial charge in [-0.05, 0) is 36.2 Å². The van der Waals surface area contributed by atoms with E-state index in [1.54, 1.807) is 6.20 Å². The lowest BCUT2D eigenvalue weighted by atomic mass is 10.1. The van der Waals surface area contributed by atoms with Crippen LogP contribution < -0.4 is 10.6 Å². The Hall–Kier alpha value is -2.92. The Kier molecular flexibility index (Phi) is 5.59. The number of rotatable bonds is 6. The van der Waals surface area contributed by atoms with Gasteiger partial charge >= 0.3 is 0 Å². The van der Waals surface area contributed by atoms with E-state index in [0.29, 0.717) is 12.4 Å². The predicted molar refractivity (Wildman–Crippen MR) is 100 cm³/mol. The van der Waals surface area contributed by atoms with Crippen molar-refractivity contribution in [2.45, 2.75) is 6.42 Å². The van der Waals surface area contributed by atoms with E-state index in [4.69, 9.17) is 11.6 Å². The van der Waals surface area contributed by atoms with Crippen molar-refractivity contribution in [3.05, 3.63) is 83.3 Å². The van der Waals surface area contributed by atoms with Gasteiger partial charge in [0.25, 0.3) is 5.91 Å². The number of carbonyl (C=O) groups excluding carboxylic acids is 1. The Morgan fingerprint density at radius 3 is 2.40 bits per heavy atom. The first-order valence-electron chi connectivity index (χ1n) is 7.87. The summed E-state index contributed by atoms with van der Waals surface area (Å²) in [5.41, 5.74) is 2.18. The second-order valence-corrected chi connectivity index (χ2v) is 5.85. The van der Waals surface area contributed by atoms with Crippen LogP contribution in [0.1, 0.15) is 16.1 Å². The van der Waals surface area contributed by atoms with Gasteiger partial charge in [0.2, 0.25) is 0 Å². The number of amides is 1. The van der Waals surface area contributed by atoms with Crippen LogP contribution in [0.2, 0.25) is 5.02 Å². The van der Waals surface area contributed by atoms with Gasteiger partial charge in [0, 0.05) is 17.3 Å². The molecule has 0 atom stereocenters. The fourth-order valence-corrected chi connectivity index (χ4v) is 2.37. The molecule has 0 unspecified atom stereocenters. The second kappa shape index (κ2) is 8.26. The quantitative estimate of drug-likeness (QED) is 0.702. The number of halogens is 1. The standard InChI is InChI=1S/C19H17ClN4O/c20-15-8-6-14(7-9-15)10-11-21-18-13-22-17(12-23-18)19(25)24-16-4-2-1-3-5-16/h1-9,12-13H,10-11H2,(H,21,23)(H,24,25). The van der Waals surface area contributed by atoms with Gasteiger partial charge in [-0.1, -0.05) is 41.9 Å². The number of hydrogen-bond acceptors (Lipinski definition) is 4. The SMILES string of the molecule is O=C(Nc1ccccc1)c1cnc(NCCc2ccc(Cl)cc2)cn1. The molecule has 3 aromatic rings.